The van der Waals surface area contributed by atoms with Crippen molar-refractivity contribution < 1.29 is 0 Å². The van der Waals surface area contributed by atoms with Crippen molar-refractivity contribution in [2.24, 2.45) is 11.7 Å². The van der Waals surface area contributed by atoms with E-state index in [0.29, 0.717) is 19.1 Å². The van der Waals surface area contributed by atoms with Crippen molar-refractivity contribution in [2.75, 3.05) is 13.1 Å². The molecule has 0 spiro atoms. The van der Waals surface area contributed by atoms with Gasteiger partial charge in [-0.25, -0.2) is 0 Å². The topological polar surface area (TPSA) is 38.0 Å². The number of rotatable bonds is 4. The number of terminal acetylenes is 1. The van der Waals surface area contributed by atoms with E-state index in [1.165, 1.54) is 25.7 Å². The highest BCUT2D eigenvalue weighted by Crippen LogP contribution is 2.27. The molecule has 0 aliphatic heterocycles. The Kier molecular flexibility index (Phi) is 4.13. The monoisotopic (exact) mass is 166 g/mol. The minimum absolute atomic E-state index is 0.448. The van der Waals surface area contributed by atoms with E-state index in [2.05, 4.69) is 11.2 Å². The van der Waals surface area contributed by atoms with Crippen LogP contribution in [0.1, 0.15) is 25.7 Å². The Morgan fingerprint density at radius 2 is 2.17 bits per heavy atom. The highest BCUT2D eigenvalue weighted by molar-refractivity contribution is 4.90. The van der Waals surface area contributed by atoms with Crippen LogP contribution in [0.2, 0.25) is 0 Å². The van der Waals surface area contributed by atoms with Crippen LogP contribution in [0.15, 0.2) is 0 Å². The molecule has 0 heterocycles. The fourth-order valence-electron chi connectivity index (χ4n) is 1.99. The summed E-state index contributed by atoms with van der Waals surface area (Å²) in [5.41, 5.74) is 5.66. The van der Waals surface area contributed by atoms with Gasteiger partial charge in [0, 0.05) is 12.6 Å². The summed E-state index contributed by atoms with van der Waals surface area (Å²) in [6.07, 6.45) is 10.5. The Morgan fingerprint density at radius 3 is 2.67 bits per heavy atom. The van der Waals surface area contributed by atoms with Gasteiger partial charge in [0.15, 0.2) is 0 Å². The molecular weight excluding hydrogens is 148 g/mol. The third kappa shape index (κ3) is 2.51. The van der Waals surface area contributed by atoms with Gasteiger partial charge in [0.2, 0.25) is 0 Å². The number of nitrogens with two attached hydrogens (primary N) is 1. The van der Waals surface area contributed by atoms with Gasteiger partial charge in [-0.1, -0.05) is 18.8 Å². The average Bonchev–Trinajstić information content (AvgIpc) is 2.59. The van der Waals surface area contributed by atoms with Crippen LogP contribution in [-0.4, -0.2) is 19.1 Å². The maximum absolute atomic E-state index is 5.66. The predicted molar refractivity (Wildman–Crippen MR) is 51.6 cm³/mol. The highest BCUT2D eigenvalue weighted by Gasteiger charge is 2.22. The Balaban J connectivity index is 2.28. The molecule has 0 bridgehead atoms. The lowest BCUT2D eigenvalue weighted by Gasteiger charge is -2.21. The van der Waals surface area contributed by atoms with Crippen molar-refractivity contribution in [3.8, 4) is 12.3 Å². The maximum Gasteiger partial charge on any atom is 0.0576 e. The van der Waals surface area contributed by atoms with E-state index in [4.69, 9.17) is 12.2 Å². The fraction of sp³-hybridized carbons (Fsp3) is 0.800. The van der Waals surface area contributed by atoms with Crippen molar-refractivity contribution >= 4 is 0 Å². The van der Waals surface area contributed by atoms with Crippen LogP contribution in [0.3, 0.4) is 0 Å². The first-order chi connectivity index (χ1) is 5.88. The lowest BCUT2D eigenvalue weighted by atomic mass is 9.98. The molecule has 3 N–H and O–H groups in total. The molecule has 1 aliphatic rings. The second-order valence-electron chi connectivity index (χ2n) is 3.47. The van der Waals surface area contributed by atoms with Gasteiger partial charge in [0.05, 0.1) is 6.54 Å². The van der Waals surface area contributed by atoms with Crippen LogP contribution >= 0.6 is 0 Å². The SMILES string of the molecule is C#CCNC(CN)C1CCCC1. The first-order valence-corrected chi connectivity index (χ1v) is 4.75. The molecule has 2 nitrogen and oxygen atoms in total. The second-order valence-corrected chi connectivity index (χ2v) is 3.47. The van der Waals surface area contributed by atoms with Crippen molar-refractivity contribution in [2.45, 2.75) is 31.7 Å². The second kappa shape index (κ2) is 5.18. The van der Waals surface area contributed by atoms with Crippen LogP contribution in [0.25, 0.3) is 0 Å². The minimum Gasteiger partial charge on any atom is -0.329 e. The van der Waals surface area contributed by atoms with Gasteiger partial charge in [0.25, 0.3) is 0 Å². The largest absolute Gasteiger partial charge is 0.329 e. The molecule has 0 aromatic heterocycles. The van der Waals surface area contributed by atoms with Gasteiger partial charge in [-0.15, -0.1) is 6.42 Å². The molecule has 1 unspecified atom stereocenters. The van der Waals surface area contributed by atoms with Crippen molar-refractivity contribution in [3.63, 3.8) is 0 Å². The molecule has 0 radical (unpaired) electrons. The van der Waals surface area contributed by atoms with Gasteiger partial charge in [-0.3, -0.25) is 0 Å². The van der Waals surface area contributed by atoms with Crippen molar-refractivity contribution in [3.05, 3.63) is 0 Å². The minimum atomic E-state index is 0.448. The van der Waals surface area contributed by atoms with Crippen LogP contribution in [0.4, 0.5) is 0 Å². The molecule has 2 heteroatoms. The van der Waals surface area contributed by atoms with E-state index < -0.39 is 0 Å². The summed E-state index contributed by atoms with van der Waals surface area (Å²) in [5, 5.41) is 3.30. The summed E-state index contributed by atoms with van der Waals surface area (Å²) in [5.74, 6) is 3.36. The van der Waals surface area contributed by atoms with Gasteiger partial charge >= 0.3 is 0 Å². The van der Waals surface area contributed by atoms with Crippen LogP contribution in [0, 0.1) is 18.3 Å². The predicted octanol–water partition coefficient (Wildman–Crippen LogP) is 0.727. The summed E-state index contributed by atoms with van der Waals surface area (Å²) in [4.78, 5) is 0. The van der Waals surface area contributed by atoms with Gasteiger partial charge in [0.1, 0.15) is 0 Å². The van der Waals surface area contributed by atoms with E-state index in [9.17, 15) is 0 Å². The van der Waals surface area contributed by atoms with Gasteiger partial charge < -0.3 is 11.1 Å². The summed E-state index contributed by atoms with van der Waals surface area (Å²) in [6.45, 7) is 1.37. The van der Waals surface area contributed by atoms with Crippen molar-refractivity contribution in [1.82, 2.24) is 5.32 Å². The number of nitrogens with one attached hydrogen (secondary N) is 1. The lowest BCUT2D eigenvalue weighted by molar-refractivity contribution is 0.378. The molecule has 0 saturated heterocycles. The van der Waals surface area contributed by atoms with Gasteiger partial charge in [-0.2, -0.15) is 0 Å². The third-order valence-electron chi connectivity index (χ3n) is 2.69. The Labute approximate surface area is 74.9 Å². The zero-order chi connectivity index (χ0) is 8.81. The molecule has 1 rings (SSSR count). The molecular formula is C10H18N2. The molecule has 0 aromatic rings. The maximum atomic E-state index is 5.66. The Morgan fingerprint density at radius 1 is 1.50 bits per heavy atom. The smallest absolute Gasteiger partial charge is 0.0576 e. The zero-order valence-corrected chi connectivity index (χ0v) is 7.55. The van der Waals surface area contributed by atoms with E-state index in [1.807, 2.05) is 0 Å². The lowest BCUT2D eigenvalue weighted by Crippen LogP contribution is -2.41. The number of hydrogen-bond donors (Lipinski definition) is 2. The van der Waals surface area contributed by atoms with Crippen molar-refractivity contribution in [1.29, 1.82) is 0 Å². The quantitative estimate of drug-likeness (QED) is 0.604. The number of hydrogen-bond acceptors (Lipinski definition) is 2. The molecule has 0 amide bonds. The molecule has 1 fully saturated rings. The van der Waals surface area contributed by atoms with E-state index in [-0.39, 0.29) is 0 Å². The van der Waals surface area contributed by atoms with Gasteiger partial charge in [-0.05, 0) is 18.8 Å². The Hall–Kier alpha value is -0.520. The normalized spacial score (nSPS) is 20.7. The van der Waals surface area contributed by atoms with E-state index >= 15 is 0 Å². The molecule has 12 heavy (non-hydrogen) atoms. The summed E-state index contributed by atoms with van der Waals surface area (Å²) in [7, 11) is 0. The fourth-order valence-corrected chi connectivity index (χ4v) is 1.99. The zero-order valence-electron chi connectivity index (χ0n) is 7.55. The highest BCUT2D eigenvalue weighted by atomic mass is 14.9. The summed E-state index contributed by atoms with van der Waals surface area (Å²) < 4.78 is 0. The molecule has 68 valence electrons. The third-order valence-corrected chi connectivity index (χ3v) is 2.69. The molecule has 1 aliphatic carbocycles. The van der Waals surface area contributed by atoms with E-state index in [1.54, 1.807) is 0 Å². The summed E-state index contributed by atoms with van der Waals surface area (Å²) in [6, 6.07) is 0.448. The summed E-state index contributed by atoms with van der Waals surface area (Å²) >= 11 is 0. The van der Waals surface area contributed by atoms with Crippen LogP contribution in [-0.2, 0) is 0 Å². The Bertz CT molecular complexity index is 154. The molecule has 1 atom stereocenters. The average molecular weight is 166 g/mol. The molecule has 1 saturated carbocycles. The first-order valence-electron chi connectivity index (χ1n) is 4.75. The van der Waals surface area contributed by atoms with E-state index in [0.717, 1.165) is 5.92 Å². The van der Waals surface area contributed by atoms with Crippen LogP contribution < -0.4 is 11.1 Å². The standard InChI is InChI=1S/C10H18N2/c1-2-7-12-10(8-11)9-5-3-4-6-9/h1,9-10,12H,3-8,11H2. The first kappa shape index (κ1) is 9.57. The molecule has 0 aromatic carbocycles. The van der Waals surface area contributed by atoms with Crippen LogP contribution in [0.5, 0.6) is 0 Å².